The smallest absolute Gasteiger partial charge is 0.326 e. The number of methoxy groups -OCH3 is 1. The number of nitriles is 1. The van der Waals surface area contributed by atoms with Crippen molar-refractivity contribution in [2.24, 2.45) is 0 Å². The van der Waals surface area contributed by atoms with Crippen LogP contribution < -0.4 is 10.1 Å². The van der Waals surface area contributed by atoms with Crippen molar-refractivity contribution >= 4 is 24.1 Å². The minimum atomic E-state index is -1.05. The van der Waals surface area contributed by atoms with Crippen LogP contribution in [-0.2, 0) is 15.3 Å². The predicted octanol–water partition coefficient (Wildman–Crippen LogP) is 1.39. The predicted molar refractivity (Wildman–Crippen MR) is 79.1 cm³/mol. The maximum Gasteiger partial charge on any atom is 0.326 e. The molecule has 0 aromatic heterocycles. The number of carbonyl (C=O) groups is 2. The van der Waals surface area contributed by atoms with Crippen LogP contribution >= 0.6 is 11.8 Å². The van der Waals surface area contributed by atoms with Gasteiger partial charge in [-0.1, -0.05) is 0 Å². The molecule has 0 aliphatic heterocycles. The molecule has 0 fully saturated rings. The third-order valence-electron chi connectivity index (χ3n) is 2.79. The number of ether oxygens (including phenoxy) is 1. The molecule has 1 aromatic carbocycles. The molecule has 1 amide bonds. The number of carboxylic acids is 1. The average molecular weight is 308 g/mol. The first-order valence-electron chi connectivity index (χ1n) is 6.19. The van der Waals surface area contributed by atoms with Crippen molar-refractivity contribution in [2.45, 2.75) is 18.2 Å². The number of aliphatic carboxylic acids is 1. The van der Waals surface area contributed by atoms with E-state index in [1.54, 1.807) is 25.3 Å². The van der Waals surface area contributed by atoms with Crippen LogP contribution in [-0.4, -0.2) is 36.4 Å². The van der Waals surface area contributed by atoms with Gasteiger partial charge in [0.2, 0.25) is 6.41 Å². The van der Waals surface area contributed by atoms with E-state index in [4.69, 9.17) is 15.1 Å². The van der Waals surface area contributed by atoms with Gasteiger partial charge in [-0.05, 0) is 30.4 Å². The highest BCUT2D eigenvalue weighted by Crippen LogP contribution is 2.24. The van der Waals surface area contributed by atoms with E-state index in [0.29, 0.717) is 35.6 Å². The van der Waals surface area contributed by atoms with E-state index in [9.17, 15) is 9.59 Å². The second-order valence-electron chi connectivity index (χ2n) is 4.16. The number of benzene rings is 1. The van der Waals surface area contributed by atoms with Gasteiger partial charge < -0.3 is 15.2 Å². The van der Waals surface area contributed by atoms with Gasteiger partial charge in [0.1, 0.15) is 11.8 Å². The summed E-state index contributed by atoms with van der Waals surface area (Å²) in [6.45, 7) is 0. The number of amides is 1. The van der Waals surface area contributed by atoms with E-state index >= 15 is 0 Å². The summed E-state index contributed by atoms with van der Waals surface area (Å²) < 4.78 is 5.22. The molecule has 0 aliphatic carbocycles. The van der Waals surface area contributed by atoms with Crippen molar-refractivity contribution in [1.29, 1.82) is 5.26 Å². The van der Waals surface area contributed by atoms with Crippen LogP contribution in [0, 0.1) is 11.3 Å². The van der Waals surface area contributed by atoms with Gasteiger partial charge in [0, 0.05) is 11.3 Å². The molecule has 0 radical (unpaired) electrons. The number of nitrogens with zero attached hydrogens (tertiary/aromatic N) is 1. The zero-order valence-corrected chi connectivity index (χ0v) is 12.4. The molecule has 21 heavy (non-hydrogen) atoms. The van der Waals surface area contributed by atoms with E-state index in [2.05, 4.69) is 11.4 Å². The standard InChI is InChI=1S/C14H16N2O4S/c1-20-13-3-2-10(7-15)6-11(13)8-21-5-4-12(14(18)19)16-9-17/h2-3,6,9,12H,4-5,8H2,1H3,(H,16,17)(H,18,19). The first-order valence-corrected chi connectivity index (χ1v) is 7.35. The van der Waals surface area contributed by atoms with E-state index in [1.165, 1.54) is 11.8 Å². The summed E-state index contributed by atoms with van der Waals surface area (Å²) in [7, 11) is 1.56. The number of carbonyl (C=O) groups excluding carboxylic acids is 1. The summed E-state index contributed by atoms with van der Waals surface area (Å²) in [6, 6.07) is 6.37. The highest BCUT2D eigenvalue weighted by Gasteiger charge is 2.15. The molecular formula is C14H16N2O4S. The number of thioether (sulfide) groups is 1. The van der Waals surface area contributed by atoms with Gasteiger partial charge in [0.25, 0.3) is 0 Å². The second-order valence-corrected chi connectivity index (χ2v) is 5.26. The minimum Gasteiger partial charge on any atom is -0.496 e. The SMILES string of the molecule is COc1ccc(C#N)cc1CSCCC(NC=O)C(=O)O. The number of rotatable bonds is 9. The number of hydrogen-bond donors (Lipinski definition) is 2. The fourth-order valence-electron chi connectivity index (χ4n) is 1.70. The van der Waals surface area contributed by atoms with Gasteiger partial charge in [-0.25, -0.2) is 4.79 Å². The van der Waals surface area contributed by atoms with Gasteiger partial charge in [-0.15, -0.1) is 0 Å². The van der Waals surface area contributed by atoms with Gasteiger partial charge in [0.15, 0.2) is 0 Å². The highest BCUT2D eigenvalue weighted by atomic mass is 32.2. The molecule has 0 spiro atoms. The van der Waals surface area contributed by atoms with Crippen LogP contribution in [0.25, 0.3) is 0 Å². The topological polar surface area (TPSA) is 99.4 Å². The van der Waals surface area contributed by atoms with E-state index in [1.807, 2.05) is 0 Å². The Morgan fingerprint density at radius 2 is 2.38 bits per heavy atom. The lowest BCUT2D eigenvalue weighted by molar-refractivity contribution is -0.140. The van der Waals surface area contributed by atoms with Gasteiger partial charge >= 0.3 is 5.97 Å². The number of carboxylic acid groups (broad SMARTS) is 1. The second kappa shape index (κ2) is 8.87. The van der Waals surface area contributed by atoms with Gasteiger partial charge in [-0.2, -0.15) is 17.0 Å². The van der Waals surface area contributed by atoms with Crippen molar-refractivity contribution in [3.05, 3.63) is 29.3 Å². The Bertz CT molecular complexity index is 542. The molecule has 6 nitrogen and oxygen atoms in total. The maximum absolute atomic E-state index is 10.9. The van der Waals surface area contributed by atoms with Gasteiger partial charge in [0.05, 0.1) is 18.7 Å². The largest absolute Gasteiger partial charge is 0.496 e. The van der Waals surface area contributed by atoms with Crippen molar-refractivity contribution in [2.75, 3.05) is 12.9 Å². The Hall–Kier alpha value is -2.20. The third kappa shape index (κ3) is 5.36. The molecule has 112 valence electrons. The summed E-state index contributed by atoms with van der Waals surface area (Å²) in [6.07, 6.45) is 0.724. The molecule has 1 rings (SSSR count). The van der Waals surface area contributed by atoms with Crippen LogP contribution in [0.5, 0.6) is 5.75 Å². The Balaban J connectivity index is 2.54. The highest BCUT2D eigenvalue weighted by molar-refractivity contribution is 7.98. The van der Waals surface area contributed by atoms with Crippen LogP contribution in [0.4, 0.5) is 0 Å². The summed E-state index contributed by atoms with van der Waals surface area (Å²) in [4.78, 5) is 21.2. The Kier molecular flexibility index (Phi) is 7.12. The zero-order valence-electron chi connectivity index (χ0n) is 11.5. The molecule has 1 aromatic rings. The number of nitrogens with one attached hydrogen (secondary N) is 1. The lowest BCUT2D eigenvalue weighted by Gasteiger charge is -2.11. The summed E-state index contributed by atoms with van der Waals surface area (Å²) in [5.74, 6) is 0.818. The molecule has 1 unspecified atom stereocenters. The first-order chi connectivity index (χ1) is 10.1. The summed E-state index contributed by atoms with van der Waals surface area (Å²) in [5, 5.41) is 20.0. The molecule has 0 heterocycles. The molecule has 7 heteroatoms. The molecule has 0 saturated heterocycles. The fraction of sp³-hybridized carbons (Fsp3) is 0.357. The molecule has 2 N–H and O–H groups in total. The summed E-state index contributed by atoms with van der Waals surface area (Å²) in [5.41, 5.74) is 1.44. The molecular weight excluding hydrogens is 292 g/mol. The Morgan fingerprint density at radius 1 is 1.62 bits per heavy atom. The maximum atomic E-state index is 10.9. The Morgan fingerprint density at radius 3 is 2.95 bits per heavy atom. The monoisotopic (exact) mass is 308 g/mol. The summed E-state index contributed by atoms with van der Waals surface area (Å²) >= 11 is 1.52. The average Bonchev–Trinajstić information content (AvgIpc) is 2.49. The molecule has 0 bridgehead atoms. The van der Waals surface area contributed by atoms with Crippen molar-refractivity contribution < 1.29 is 19.4 Å². The lowest BCUT2D eigenvalue weighted by Crippen LogP contribution is -2.36. The van der Waals surface area contributed by atoms with Crippen molar-refractivity contribution in [1.82, 2.24) is 5.32 Å². The number of hydrogen-bond acceptors (Lipinski definition) is 5. The van der Waals surface area contributed by atoms with Crippen LogP contribution in [0.1, 0.15) is 17.5 Å². The first kappa shape index (κ1) is 16.9. The fourth-order valence-corrected chi connectivity index (χ4v) is 2.70. The van der Waals surface area contributed by atoms with E-state index < -0.39 is 12.0 Å². The molecule has 1 atom stereocenters. The normalized spacial score (nSPS) is 11.2. The van der Waals surface area contributed by atoms with Crippen molar-refractivity contribution in [3.63, 3.8) is 0 Å². The third-order valence-corrected chi connectivity index (χ3v) is 3.82. The molecule has 0 saturated carbocycles. The van der Waals surface area contributed by atoms with Crippen LogP contribution in [0.3, 0.4) is 0 Å². The van der Waals surface area contributed by atoms with E-state index in [0.717, 1.165) is 5.56 Å². The minimum absolute atomic E-state index is 0.332. The van der Waals surface area contributed by atoms with E-state index in [-0.39, 0.29) is 0 Å². The quantitative estimate of drug-likeness (QED) is 0.528. The lowest BCUT2D eigenvalue weighted by atomic mass is 10.1. The zero-order chi connectivity index (χ0) is 15.7. The molecule has 0 aliphatic rings. The van der Waals surface area contributed by atoms with Crippen LogP contribution in [0.2, 0.25) is 0 Å². The van der Waals surface area contributed by atoms with Crippen LogP contribution in [0.15, 0.2) is 18.2 Å². The Labute approximate surface area is 127 Å². The van der Waals surface area contributed by atoms with Gasteiger partial charge in [-0.3, -0.25) is 4.79 Å². The van der Waals surface area contributed by atoms with Crippen molar-refractivity contribution in [3.8, 4) is 11.8 Å².